The number of amides is 1. The first-order chi connectivity index (χ1) is 17.4. The summed E-state index contributed by atoms with van der Waals surface area (Å²) in [5.74, 6) is -0.232. The molecule has 0 bridgehead atoms. The van der Waals surface area contributed by atoms with Gasteiger partial charge in [-0.3, -0.25) is 9.48 Å². The van der Waals surface area contributed by atoms with Crippen molar-refractivity contribution in [3.05, 3.63) is 52.4 Å². The Morgan fingerprint density at radius 3 is 2.58 bits per heavy atom. The summed E-state index contributed by atoms with van der Waals surface area (Å²) in [7, 11) is 1.80. The molecule has 0 spiro atoms. The molecule has 1 fully saturated rings. The summed E-state index contributed by atoms with van der Waals surface area (Å²) in [4.78, 5) is 43.7. The average Bonchev–Trinajstić information content (AvgIpc) is 3.03. The molecule has 0 aliphatic carbocycles. The van der Waals surface area contributed by atoms with Crippen LogP contribution in [0.5, 0.6) is 0 Å². The minimum Gasteiger partial charge on any atom is -0.461 e. The van der Waals surface area contributed by atoms with Crippen molar-refractivity contribution in [2.24, 2.45) is 7.05 Å². The second-order valence-electron chi connectivity index (χ2n) is 8.63. The number of hydrogen-bond acceptors (Lipinski definition) is 8. The maximum atomic E-state index is 13.5. The summed E-state index contributed by atoms with van der Waals surface area (Å²) in [5, 5.41) is 5.42. The Morgan fingerprint density at radius 2 is 1.83 bits per heavy atom. The summed E-state index contributed by atoms with van der Waals surface area (Å²) >= 11 is 6.66. The van der Waals surface area contributed by atoms with Gasteiger partial charge in [0, 0.05) is 39.4 Å². The quantitative estimate of drug-likeness (QED) is 0.387. The number of hydrogen-bond donors (Lipinski definition) is 0. The number of pyridine rings is 1. The molecule has 0 atom stereocenters. The lowest BCUT2D eigenvalue weighted by atomic mass is 10.1. The van der Waals surface area contributed by atoms with Crippen LogP contribution in [0.1, 0.15) is 39.9 Å². The molecule has 1 aliphatic rings. The molecular formula is C25H26ClN7O3. The van der Waals surface area contributed by atoms with Crippen molar-refractivity contribution in [2.75, 3.05) is 37.7 Å². The number of aromatic nitrogens is 5. The van der Waals surface area contributed by atoms with E-state index in [0.29, 0.717) is 71.1 Å². The van der Waals surface area contributed by atoms with Gasteiger partial charge >= 0.3 is 5.97 Å². The van der Waals surface area contributed by atoms with Gasteiger partial charge in [0.15, 0.2) is 17.2 Å². The Hall–Kier alpha value is -3.79. The maximum absolute atomic E-state index is 13.5. The number of nitrogens with zero attached hydrogens (tertiary/aromatic N) is 7. The maximum Gasteiger partial charge on any atom is 0.360 e. The van der Waals surface area contributed by atoms with Gasteiger partial charge < -0.3 is 14.5 Å². The summed E-state index contributed by atoms with van der Waals surface area (Å²) in [6.07, 6.45) is 2.20. The number of carbonyl (C=O) groups excluding carboxylic acids is 2. The van der Waals surface area contributed by atoms with E-state index in [1.54, 1.807) is 23.6 Å². The van der Waals surface area contributed by atoms with E-state index >= 15 is 0 Å². The number of benzene rings is 1. The van der Waals surface area contributed by atoms with Gasteiger partial charge in [-0.2, -0.15) is 5.10 Å². The topological polar surface area (TPSA) is 106 Å². The van der Waals surface area contributed by atoms with Gasteiger partial charge in [0.05, 0.1) is 39.3 Å². The van der Waals surface area contributed by atoms with Crippen molar-refractivity contribution in [1.29, 1.82) is 0 Å². The Labute approximate surface area is 212 Å². The van der Waals surface area contributed by atoms with Gasteiger partial charge in [-0.1, -0.05) is 23.7 Å². The number of carbonyl (C=O) groups is 2. The van der Waals surface area contributed by atoms with E-state index in [4.69, 9.17) is 21.3 Å². The number of halogens is 1. The van der Waals surface area contributed by atoms with Gasteiger partial charge in [-0.25, -0.2) is 19.7 Å². The molecule has 11 heteroatoms. The van der Waals surface area contributed by atoms with Crippen LogP contribution in [-0.2, 0) is 11.8 Å². The highest BCUT2D eigenvalue weighted by Gasteiger charge is 2.28. The molecule has 1 aliphatic heterocycles. The molecule has 3 aromatic heterocycles. The zero-order chi connectivity index (χ0) is 25.4. The second kappa shape index (κ2) is 9.69. The fourth-order valence-electron chi connectivity index (χ4n) is 4.57. The van der Waals surface area contributed by atoms with E-state index in [9.17, 15) is 9.59 Å². The highest BCUT2D eigenvalue weighted by Crippen LogP contribution is 2.29. The molecule has 1 amide bonds. The summed E-state index contributed by atoms with van der Waals surface area (Å²) < 4.78 is 6.91. The van der Waals surface area contributed by atoms with Crippen LogP contribution in [0.15, 0.2) is 30.5 Å². The molecule has 0 saturated carbocycles. The predicted octanol–water partition coefficient (Wildman–Crippen LogP) is 3.40. The van der Waals surface area contributed by atoms with Crippen LogP contribution in [0.3, 0.4) is 0 Å². The van der Waals surface area contributed by atoms with Crippen LogP contribution in [0.2, 0.25) is 5.02 Å². The standard InChI is InChI=1S/C25H26ClN7O3/c1-4-36-25(35)21-23(29-18-9-6-5-8-17(18)28-21)32-10-7-11-33(13-12-32)24(34)16-14-27-22-19(20(16)26)15(2)30-31(22)3/h5-6,8-9,14H,4,7,10-13H2,1-3H3. The van der Waals surface area contributed by atoms with Crippen molar-refractivity contribution in [3.8, 4) is 0 Å². The number of para-hydroxylation sites is 2. The van der Waals surface area contributed by atoms with Crippen LogP contribution in [-0.4, -0.2) is 74.3 Å². The molecule has 1 saturated heterocycles. The SMILES string of the molecule is CCOC(=O)c1nc2ccccc2nc1N1CCCN(C(=O)c2cnc3c(c(C)nn3C)c2Cl)CC1. The van der Waals surface area contributed by atoms with E-state index < -0.39 is 5.97 Å². The predicted molar refractivity (Wildman–Crippen MR) is 136 cm³/mol. The van der Waals surface area contributed by atoms with E-state index in [1.165, 1.54) is 6.20 Å². The van der Waals surface area contributed by atoms with E-state index in [1.807, 2.05) is 36.1 Å². The van der Waals surface area contributed by atoms with Crippen molar-refractivity contribution in [3.63, 3.8) is 0 Å². The lowest BCUT2D eigenvalue weighted by molar-refractivity contribution is 0.0520. The van der Waals surface area contributed by atoms with Gasteiger partial charge in [-0.05, 0) is 32.4 Å². The largest absolute Gasteiger partial charge is 0.461 e. The van der Waals surface area contributed by atoms with Gasteiger partial charge in [0.1, 0.15) is 0 Å². The first-order valence-corrected chi connectivity index (χ1v) is 12.2. The van der Waals surface area contributed by atoms with Gasteiger partial charge in [-0.15, -0.1) is 0 Å². The smallest absolute Gasteiger partial charge is 0.360 e. The summed E-state index contributed by atoms with van der Waals surface area (Å²) in [6, 6.07) is 7.41. The zero-order valence-electron chi connectivity index (χ0n) is 20.4. The number of anilines is 1. The zero-order valence-corrected chi connectivity index (χ0v) is 21.1. The summed E-state index contributed by atoms with van der Waals surface area (Å²) in [6.45, 7) is 5.89. The van der Waals surface area contributed by atoms with Crippen molar-refractivity contribution in [1.82, 2.24) is 29.6 Å². The molecular weight excluding hydrogens is 482 g/mol. The van der Waals surface area contributed by atoms with Crippen molar-refractivity contribution >= 4 is 51.4 Å². The summed E-state index contributed by atoms with van der Waals surface area (Å²) in [5.41, 5.74) is 3.21. The lowest BCUT2D eigenvalue weighted by Crippen LogP contribution is -2.36. The number of rotatable bonds is 4. The van der Waals surface area contributed by atoms with E-state index in [0.717, 1.165) is 5.69 Å². The van der Waals surface area contributed by atoms with Crippen LogP contribution >= 0.6 is 11.6 Å². The Balaban J connectivity index is 1.43. The number of fused-ring (bicyclic) bond motifs is 2. The molecule has 0 unspecified atom stereocenters. The second-order valence-corrected chi connectivity index (χ2v) is 9.01. The lowest BCUT2D eigenvalue weighted by Gasteiger charge is -2.24. The van der Waals surface area contributed by atoms with Crippen molar-refractivity contribution < 1.29 is 14.3 Å². The molecule has 10 nitrogen and oxygen atoms in total. The van der Waals surface area contributed by atoms with Gasteiger partial charge in [0.2, 0.25) is 0 Å². The Kier molecular flexibility index (Phi) is 6.44. The minimum atomic E-state index is -0.513. The first kappa shape index (κ1) is 23.9. The third kappa shape index (κ3) is 4.21. The minimum absolute atomic E-state index is 0.181. The van der Waals surface area contributed by atoms with Crippen molar-refractivity contribution in [2.45, 2.75) is 20.3 Å². The molecule has 4 aromatic rings. The third-order valence-electron chi connectivity index (χ3n) is 6.30. The van der Waals surface area contributed by atoms with Crippen LogP contribution in [0, 0.1) is 6.92 Å². The molecule has 1 aromatic carbocycles. The van der Waals surface area contributed by atoms with Crippen LogP contribution in [0.25, 0.3) is 22.1 Å². The fourth-order valence-corrected chi connectivity index (χ4v) is 4.92. The fraction of sp³-hybridized carbons (Fsp3) is 0.360. The molecule has 5 rings (SSSR count). The van der Waals surface area contributed by atoms with E-state index in [-0.39, 0.29) is 18.2 Å². The Bertz CT molecular complexity index is 1490. The molecule has 36 heavy (non-hydrogen) atoms. The van der Waals surface area contributed by atoms with Gasteiger partial charge in [0.25, 0.3) is 5.91 Å². The molecule has 186 valence electrons. The van der Waals surface area contributed by atoms with Crippen LogP contribution < -0.4 is 4.90 Å². The normalized spacial score (nSPS) is 14.3. The van der Waals surface area contributed by atoms with Crippen LogP contribution in [0.4, 0.5) is 5.82 Å². The molecule has 4 heterocycles. The Morgan fingerprint density at radius 1 is 1.08 bits per heavy atom. The number of esters is 1. The first-order valence-electron chi connectivity index (χ1n) is 11.8. The highest BCUT2D eigenvalue weighted by atomic mass is 35.5. The highest BCUT2D eigenvalue weighted by molar-refractivity contribution is 6.38. The molecule has 0 N–H and O–H groups in total. The average molecular weight is 508 g/mol. The third-order valence-corrected chi connectivity index (χ3v) is 6.69. The number of aryl methyl sites for hydroxylation is 2. The monoisotopic (exact) mass is 507 g/mol. The molecule has 0 radical (unpaired) electrons. The van der Waals surface area contributed by atoms with E-state index in [2.05, 4.69) is 15.1 Å². The number of ether oxygens (including phenoxy) is 1.